The van der Waals surface area contributed by atoms with Crippen molar-refractivity contribution in [3.8, 4) is 11.5 Å². The topological polar surface area (TPSA) is 25.6 Å². The van der Waals surface area contributed by atoms with Crippen LogP contribution in [0.5, 0.6) is 11.5 Å². The van der Waals surface area contributed by atoms with E-state index in [1.807, 2.05) is 0 Å². The molecule has 0 amide bonds. The van der Waals surface area contributed by atoms with Crippen molar-refractivity contribution in [2.75, 3.05) is 4.90 Å². The Morgan fingerprint density at radius 2 is 1.20 bits per heavy atom. The van der Waals surface area contributed by atoms with Crippen LogP contribution in [0.3, 0.4) is 0 Å². The Kier molecular flexibility index (Phi) is 6.09. The molecule has 1 spiro atoms. The molecule has 1 aromatic heterocycles. The molecule has 2 heterocycles. The van der Waals surface area contributed by atoms with Gasteiger partial charge in [-0.2, -0.15) is 0 Å². The second kappa shape index (κ2) is 10.3. The number of nitrogens with zero attached hydrogens (tertiary/aromatic N) is 1. The molecule has 0 atom stereocenters. The van der Waals surface area contributed by atoms with Gasteiger partial charge in [0.25, 0.3) is 0 Å². The molecule has 4 bridgehead atoms. The number of para-hydroxylation sites is 2. The summed E-state index contributed by atoms with van der Waals surface area (Å²) in [5, 5.41) is 2.33. The van der Waals surface area contributed by atoms with Crippen molar-refractivity contribution in [1.82, 2.24) is 0 Å². The monoisotopic (exact) mass is 669 g/mol. The molecule has 3 heteroatoms. The van der Waals surface area contributed by atoms with E-state index in [0.29, 0.717) is 11.8 Å². The van der Waals surface area contributed by atoms with Gasteiger partial charge in [-0.15, -0.1) is 0 Å². The summed E-state index contributed by atoms with van der Waals surface area (Å²) in [5.74, 6) is 5.18. The summed E-state index contributed by atoms with van der Waals surface area (Å²) in [4.78, 5) is 2.55. The molecule has 3 nitrogen and oxygen atoms in total. The van der Waals surface area contributed by atoms with Gasteiger partial charge in [0.05, 0.1) is 5.69 Å². The first-order valence-corrected chi connectivity index (χ1v) is 19.5. The van der Waals surface area contributed by atoms with Crippen molar-refractivity contribution in [2.24, 2.45) is 23.7 Å². The Hall–Kier alpha value is -4.50. The molecule has 0 N–H and O–H groups in total. The third kappa shape index (κ3) is 4.12. The SMILES string of the molecule is CC1(C)CCC(C)(C)c2c(N(c3ccc4c(c3)C3(c5ccccc5O4)C4CC5CC(C4)CC3C5)c3ccc4c(c3)oc3ccccc34)cccc21. The summed E-state index contributed by atoms with van der Waals surface area (Å²) >= 11 is 0. The predicted molar refractivity (Wildman–Crippen MR) is 208 cm³/mol. The molecule has 5 aliphatic carbocycles. The number of fused-ring (bicyclic) bond motifs is 6. The van der Waals surface area contributed by atoms with E-state index in [9.17, 15) is 0 Å². The van der Waals surface area contributed by atoms with E-state index < -0.39 is 0 Å². The summed E-state index contributed by atoms with van der Waals surface area (Å²) in [5.41, 5.74) is 11.4. The lowest BCUT2D eigenvalue weighted by Gasteiger charge is -2.63. The van der Waals surface area contributed by atoms with Crippen molar-refractivity contribution < 1.29 is 9.15 Å². The molecule has 6 aliphatic rings. The highest BCUT2D eigenvalue weighted by molar-refractivity contribution is 6.06. The van der Waals surface area contributed by atoms with E-state index in [1.165, 1.54) is 77.5 Å². The van der Waals surface area contributed by atoms with Crippen molar-refractivity contribution >= 4 is 39.0 Å². The van der Waals surface area contributed by atoms with E-state index in [4.69, 9.17) is 9.15 Å². The number of furan rings is 1. The third-order valence-electron chi connectivity index (χ3n) is 14.3. The van der Waals surface area contributed by atoms with Gasteiger partial charge >= 0.3 is 0 Å². The molecule has 0 radical (unpaired) electrons. The zero-order valence-electron chi connectivity index (χ0n) is 30.3. The minimum Gasteiger partial charge on any atom is -0.457 e. The molecule has 256 valence electrons. The van der Waals surface area contributed by atoms with Gasteiger partial charge in [0.1, 0.15) is 22.7 Å². The van der Waals surface area contributed by atoms with Crippen LogP contribution >= 0.6 is 0 Å². The summed E-state index contributed by atoms with van der Waals surface area (Å²) in [6.07, 6.45) is 9.14. The van der Waals surface area contributed by atoms with Crippen LogP contribution in [0.2, 0.25) is 0 Å². The van der Waals surface area contributed by atoms with Crippen LogP contribution in [0.1, 0.15) is 94.9 Å². The Labute approximate surface area is 301 Å². The lowest BCUT2D eigenvalue weighted by Crippen LogP contribution is -2.57. The van der Waals surface area contributed by atoms with E-state index in [0.717, 1.165) is 52.0 Å². The second-order valence-electron chi connectivity index (χ2n) is 18.0. The average molecular weight is 670 g/mol. The van der Waals surface area contributed by atoms with Crippen LogP contribution in [0.4, 0.5) is 17.1 Å². The highest BCUT2D eigenvalue weighted by Gasteiger charge is 2.61. The van der Waals surface area contributed by atoms with Gasteiger partial charge < -0.3 is 14.1 Å². The van der Waals surface area contributed by atoms with E-state index in [2.05, 4.69) is 136 Å². The molecule has 4 fully saturated rings. The molecule has 4 saturated carbocycles. The van der Waals surface area contributed by atoms with Gasteiger partial charge in [0.2, 0.25) is 0 Å². The fourth-order valence-electron chi connectivity index (χ4n) is 12.2. The van der Waals surface area contributed by atoms with Crippen molar-refractivity contribution in [3.63, 3.8) is 0 Å². The molecule has 51 heavy (non-hydrogen) atoms. The van der Waals surface area contributed by atoms with E-state index in [1.54, 1.807) is 0 Å². The van der Waals surface area contributed by atoms with Gasteiger partial charge in [-0.1, -0.05) is 76.2 Å². The zero-order chi connectivity index (χ0) is 34.3. The maximum atomic E-state index is 6.86. The number of rotatable bonds is 3. The smallest absolute Gasteiger partial charge is 0.137 e. The summed E-state index contributed by atoms with van der Waals surface area (Å²) in [6.45, 7) is 9.76. The fraction of sp³-hybridized carbons (Fsp3) is 0.375. The normalized spacial score (nSPS) is 27.6. The summed E-state index contributed by atoms with van der Waals surface area (Å²) in [7, 11) is 0. The van der Waals surface area contributed by atoms with E-state index >= 15 is 0 Å². The first-order chi connectivity index (χ1) is 24.7. The molecule has 5 aromatic carbocycles. The van der Waals surface area contributed by atoms with Crippen LogP contribution in [-0.2, 0) is 16.2 Å². The molecule has 1 aliphatic heterocycles. The van der Waals surface area contributed by atoms with Crippen LogP contribution in [0, 0.1) is 23.7 Å². The quantitative estimate of drug-likeness (QED) is 0.188. The number of benzene rings is 5. The molecule has 0 saturated heterocycles. The minimum absolute atomic E-state index is 0.0145. The van der Waals surface area contributed by atoms with Gasteiger partial charge in [0.15, 0.2) is 0 Å². The molecule has 12 rings (SSSR count). The lowest BCUT2D eigenvalue weighted by molar-refractivity contribution is -0.0452. The molecule has 0 unspecified atom stereocenters. The molecular formula is C48H47NO2. The van der Waals surface area contributed by atoms with Crippen LogP contribution < -0.4 is 9.64 Å². The summed E-state index contributed by atoms with van der Waals surface area (Å²) < 4.78 is 13.4. The first kappa shape index (κ1) is 30.2. The van der Waals surface area contributed by atoms with Crippen molar-refractivity contribution in [1.29, 1.82) is 0 Å². The van der Waals surface area contributed by atoms with E-state index in [-0.39, 0.29) is 16.2 Å². The number of hydrogen-bond donors (Lipinski definition) is 0. The lowest BCUT2D eigenvalue weighted by atomic mass is 9.42. The Morgan fingerprint density at radius 3 is 2.02 bits per heavy atom. The van der Waals surface area contributed by atoms with Crippen LogP contribution in [0.15, 0.2) is 108 Å². The highest BCUT2D eigenvalue weighted by Crippen LogP contribution is 2.69. The first-order valence-electron chi connectivity index (χ1n) is 19.5. The van der Waals surface area contributed by atoms with Crippen molar-refractivity contribution in [2.45, 2.75) is 88.9 Å². The van der Waals surface area contributed by atoms with Gasteiger partial charge in [-0.3, -0.25) is 0 Å². The minimum atomic E-state index is -0.0145. The maximum absolute atomic E-state index is 6.86. The zero-order valence-corrected chi connectivity index (χ0v) is 30.3. The molecule has 6 aromatic rings. The maximum Gasteiger partial charge on any atom is 0.137 e. The Balaban J connectivity index is 1.17. The highest BCUT2D eigenvalue weighted by atomic mass is 16.5. The van der Waals surface area contributed by atoms with Crippen LogP contribution in [-0.4, -0.2) is 0 Å². The average Bonchev–Trinajstić information content (AvgIpc) is 3.50. The Bertz CT molecular complexity index is 2360. The largest absolute Gasteiger partial charge is 0.457 e. The fourth-order valence-corrected chi connectivity index (χ4v) is 12.2. The van der Waals surface area contributed by atoms with Gasteiger partial charge in [-0.05, 0) is 139 Å². The van der Waals surface area contributed by atoms with Crippen molar-refractivity contribution in [3.05, 3.63) is 125 Å². The predicted octanol–water partition coefficient (Wildman–Crippen LogP) is 13.3. The van der Waals surface area contributed by atoms with Gasteiger partial charge in [0, 0.05) is 44.8 Å². The number of anilines is 3. The van der Waals surface area contributed by atoms with Gasteiger partial charge in [-0.25, -0.2) is 0 Å². The molecular weight excluding hydrogens is 623 g/mol. The standard InChI is InChI=1S/C48H47NO2/c1-46(2)20-21-47(3,4)45-38(46)12-9-13-40(45)49(34-16-18-36-35-10-5-7-14-41(35)50-44(36)28-34)33-17-19-43-39(27-33)48(37-11-6-8-15-42(37)51-43)31-23-29-22-30(25-31)26-32(48)24-29/h5-19,27-32H,20-26H2,1-4H3. The third-order valence-corrected chi connectivity index (χ3v) is 14.3. The number of ether oxygens (including phenoxy) is 1. The Morgan fingerprint density at radius 1 is 0.549 bits per heavy atom. The van der Waals surface area contributed by atoms with Crippen LogP contribution in [0.25, 0.3) is 21.9 Å². The summed E-state index contributed by atoms with van der Waals surface area (Å²) in [6, 6.07) is 38.5. The number of hydrogen-bond acceptors (Lipinski definition) is 3. The second-order valence-corrected chi connectivity index (χ2v) is 18.0.